The number of piperidine rings is 1. The Bertz CT molecular complexity index is 243. The van der Waals surface area contributed by atoms with Gasteiger partial charge >= 0.3 is 0 Å². The lowest BCUT2D eigenvalue weighted by Crippen LogP contribution is -2.62. The molecular formula is C15H32N2O. The zero-order chi connectivity index (χ0) is 14.0. The molecule has 18 heavy (non-hydrogen) atoms. The average Bonchev–Trinajstić information content (AvgIpc) is 2.21. The topological polar surface area (TPSA) is 24.5 Å². The van der Waals surface area contributed by atoms with Gasteiger partial charge in [0, 0.05) is 30.8 Å². The first-order valence-electron chi connectivity index (χ1n) is 7.21. The Hall–Kier alpha value is -0.120. The molecule has 1 heterocycles. The Morgan fingerprint density at radius 3 is 2.11 bits per heavy atom. The predicted molar refractivity (Wildman–Crippen MR) is 78.0 cm³/mol. The maximum Gasteiger partial charge on any atom is 0.0695 e. The van der Waals surface area contributed by atoms with Gasteiger partial charge in [0.15, 0.2) is 0 Å². The van der Waals surface area contributed by atoms with Crippen LogP contribution in [-0.4, -0.2) is 48.8 Å². The van der Waals surface area contributed by atoms with E-state index in [2.05, 4.69) is 51.9 Å². The van der Waals surface area contributed by atoms with Crippen molar-refractivity contribution in [1.82, 2.24) is 10.2 Å². The van der Waals surface area contributed by atoms with E-state index in [9.17, 15) is 0 Å². The quantitative estimate of drug-likeness (QED) is 0.818. The molecule has 0 amide bonds. The molecule has 0 spiro atoms. The number of ether oxygens (including phenoxy) is 1. The van der Waals surface area contributed by atoms with E-state index in [0.717, 1.165) is 13.0 Å². The third kappa shape index (κ3) is 4.52. The van der Waals surface area contributed by atoms with Crippen molar-refractivity contribution in [2.24, 2.45) is 0 Å². The second kappa shape index (κ2) is 5.89. The van der Waals surface area contributed by atoms with Crippen LogP contribution in [0.4, 0.5) is 0 Å². The lowest BCUT2D eigenvalue weighted by Gasteiger charge is -2.49. The predicted octanol–water partition coefficient (Wildman–Crippen LogP) is 2.65. The van der Waals surface area contributed by atoms with Crippen molar-refractivity contribution in [3.05, 3.63) is 0 Å². The first kappa shape index (κ1) is 15.9. The van der Waals surface area contributed by atoms with Gasteiger partial charge < -0.3 is 15.0 Å². The van der Waals surface area contributed by atoms with Crippen LogP contribution in [0.3, 0.4) is 0 Å². The maximum absolute atomic E-state index is 5.51. The van der Waals surface area contributed by atoms with Crippen LogP contribution in [0, 0.1) is 0 Å². The summed E-state index contributed by atoms with van der Waals surface area (Å²) in [6.45, 7) is 12.5. The third-order valence-electron chi connectivity index (χ3n) is 4.07. The molecular weight excluding hydrogens is 224 g/mol. The summed E-state index contributed by atoms with van der Waals surface area (Å²) in [4.78, 5) is 2.49. The molecule has 0 aromatic rings. The summed E-state index contributed by atoms with van der Waals surface area (Å²) < 4.78 is 5.51. The molecule has 0 saturated carbocycles. The number of likely N-dealkylation sites (N-methyl/N-ethyl adjacent to an activating group) is 1. The van der Waals surface area contributed by atoms with Crippen LogP contribution in [-0.2, 0) is 4.74 Å². The molecule has 3 heteroatoms. The van der Waals surface area contributed by atoms with Gasteiger partial charge in [-0.15, -0.1) is 0 Å². The van der Waals surface area contributed by atoms with Crippen LogP contribution >= 0.6 is 0 Å². The number of hydrogen-bond donors (Lipinski definition) is 1. The van der Waals surface area contributed by atoms with Gasteiger partial charge in [0.2, 0.25) is 0 Å². The normalized spacial score (nSPS) is 25.3. The maximum atomic E-state index is 5.51. The minimum Gasteiger partial charge on any atom is -0.380 e. The van der Waals surface area contributed by atoms with Crippen molar-refractivity contribution < 1.29 is 4.74 Å². The molecule has 0 aliphatic carbocycles. The highest BCUT2D eigenvalue weighted by Crippen LogP contribution is 2.31. The molecule has 0 radical (unpaired) electrons. The molecule has 1 unspecified atom stereocenters. The summed E-state index contributed by atoms with van der Waals surface area (Å²) in [6, 6.07) is 0.639. The summed E-state index contributed by atoms with van der Waals surface area (Å²) >= 11 is 0. The second-order valence-electron chi connectivity index (χ2n) is 7.16. The highest BCUT2D eigenvalue weighted by atomic mass is 16.5. The highest BCUT2D eigenvalue weighted by molar-refractivity contribution is 4.99. The van der Waals surface area contributed by atoms with E-state index in [1.54, 1.807) is 0 Å². The van der Waals surface area contributed by atoms with Gasteiger partial charge in [-0.3, -0.25) is 0 Å². The molecule has 108 valence electrons. The van der Waals surface area contributed by atoms with E-state index in [4.69, 9.17) is 4.74 Å². The monoisotopic (exact) mass is 256 g/mol. The van der Waals surface area contributed by atoms with Crippen LogP contribution in [0.5, 0.6) is 0 Å². The van der Waals surface area contributed by atoms with E-state index in [0.29, 0.717) is 12.1 Å². The van der Waals surface area contributed by atoms with E-state index >= 15 is 0 Å². The molecule has 1 aliphatic heterocycles. The van der Waals surface area contributed by atoms with E-state index in [1.807, 2.05) is 7.11 Å². The Labute approximate surface area is 113 Å². The van der Waals surface area contributed by atoms with Crippen LogP contribution in [0.2, 0.25) is 0 Å². The van der Waals surface area contributed by atoms with Crippen molar-refractivity contribution in [2.45, 2.75) is 77.1 Å². The molecule has 1 saturated heterocycles. The Kier molecular flexibility index (Phi) is 5.22. The minimum atomic E-state index is 0.218. The number of methoxy groups -OCH3 is 1. The molecule has 0 bridgehead atoms. The van der Waals surface area contributed by atoms with Crippen LogP contribution < -0.4 is 5.32 Å². The Balaban J connectivity index is 2.64. The molecule has 1 atom stereocenters. The van der Waals surface area contributed by atoms with Crippen molar-refractivity contribution in [3.8, 4) is 0 Å². The third-order valence-corrected chi connectivity index (χ3v) is 4.07. The first-order chi connectivity index (χ1) is 8.19. The standard InChI is InChI=1S/C15H32N2O/c1-8-13(18-7)11-17(6)12-9-14(2,3)16-15(4,5)10-12/h12-13,16H,8-11H2,1-7H3. The number of nitrogens with zero attached hydrogens (tertiary/aromatic N) is 1. The van der Waals surface area contributed by atoms with Gasteiger partial charge in [0.25, 0.3) is 0 Å². The number of nitrogens with one attached hydrogen (secondary N) is 1. The van der Waals surface area contributed by atoms with Crippen LogP contribution in [0.15, 0.2) is 0 Å². The van der Waals surface area contributed by atoms with Gasteiger partial charge in [-0.25, -0.2) is 0 Å². The largest absolute Gasteiger partial charge is 0.380 e. The molecule has 1 N–H and O–H groups in total. The Morgan fingerprint density at radius 1 is 1.22 bits per heavy atom. The van der Waals surface area contributed by atoms with Crippen molar-refractivity contribution in [1.29, 1.82) is 0 Å². The fraction of sp³-hybridized carbons (Fsp3) is 1.00. The molecule has 0 aromatic carbocycles. The molecule has 1 fully saturated rings. The second-order valence-corrected chi connectivity index (χ2v) is 7.16. The lowest BCUT2D eigenvalue weighted by atomic mass is 9.79. The van der Waals surface area contributed by atoms with Crippen molar-refractivity contribution in [2.75, 3.05) is 20.7 Å². The number of rotatable bonds is 5. The van der Waals surface area contributed by atoms with Gasteiger partial charge in [0.05, 0.1) is 6.10 Å². The van der Waals surface area contributed by atoms with Crippen LogP contribution in [0.1, 0.15) is 53.9 Å². The zero-order valence-electron chi connectivity index (χ0n) is 13.3. The summed E-state index contributed by atoms with van der Waals surface area (Å²) in [5.74, 6) is 0. The molecule has 0 aromatic heterocycles. The van der Waals surface area contributed by atoms with Gasteiger partial charge in [-0.05, 0) is 54.0 Å². The fourth-order valence-corrected chi connectivity index (χ4v) is 3.42. The zero-order valence-corrected chi connectivity index (χ0v) is 13.3. The SMILES string of the molecule is CCC(CN(C)C1CC(C)(C)NC(C)(C)C1)OC. The van der Waals surface area contributed by atoms with E-state index < -0.39 is 0 Å². The lowest BCUT2D eigenvalue weighted by molar-refractivity contribution is 0.0262. The van der Waals surface area contributed by atoms with Gasteiger partial charge in [-0.1, -0.05) is 6.92 Å². The summed E-state index contributed by atoms with van der Waals surface area (Å²) in [6.07, 6.45) is 3.84. The number of hydrogen-bond acceptors (Lipinski definition) is 3. The van der Waals surface area contributed by atoms with E-state index in [1.165, 1.54) is 12.8 Å². The summed E-state index contributed by atoms with van der Waals surface area (Å²) in [7, 11) is 4.06. The first-order valence-corrected chi connectivity index (χ1v) is 7.21. The molecule has 1 aliphatic rings. The van der Waals surface area contributed by atoms with Crippen molar-refractivity contribution in [3.63, 3.8) is 0 Å². The van der Waals surface area contributed by atoms with Gasteiger partial charge in [0.1, 0.15) is 0 Å². The summed E-state index contributed by atoms with van der Waals surface area (Å²) in [5.41, 5.74) is 0.435. The smallest absolute Gasteiger partial charge is 0.0695 e. The minimum absolute atomic E-state index is 0.218. The molecule has 3 nitrogen and oxygen atoms in total. The van der Waals surface area contributed by atoms with Crippen molar-refractivity contribution >= 4 is 0 Å². The molecule has 1 rings (SSSR count). The average molecular weight is 256 g/mol. The Morgan fingerprint density at radius 2 is 1.72 bits per heavy atom. The summed E-state index contributed by atoms with van der Waals surface area (Å²) in [5, 5.41) is 3.74. The van der Waals surface area contributed by atoms with E-state index in [-0.39, 0.29) is 11.1 Å². The van der Waals surface area contributed by atoms with Gasteiger partial charge in [-0.2, -0.15) is 0 Å². The van der Waals surface area contributed by atoms with Crippen LogP contribution in [0.25, 0.3) is 0 Å². The fourth-order valence-electron chi connectivity index (χ4n) is 3.42. The highest BCUT2D eigenvalue weighted by Gasteiger charge is 2.39.